The molecule has 1 amide bonds. The van der Waals surface area contributed by atoms with Crippen LogP contribution in [0.4, 0.5) is 5.69 Å². The summed E-state index contributed by atoms with van der Waals surface area (Å²) in [6.45, 7) is 3.99. The van der Waals surface area contributed by atoms with Crippen LogP contribution in [0.3, 0.4) is 0 Å². The van der Waals surface area contributed by atoms with E-state index in [0.29, 0.717) is 22.8 Å². The molecule has 0 atom stereocenters. The van der Waals surface area contributed by atoms with Crippen LogP contribution in [0.25, 0.3) is 22.2 Å². The molecule has 0 aliphatic heterocycles. The number of pyridine rings is 1. The second-order valence-electron chi connectivity index (χ2n) is 7.41. The molecule has 0 spiro atoms. The Morgan fingerprint density at radius 3 is 2.42 bits per heavy atom. The van der Waals surface area contributed by atoms with Gasteiger partial charge in [0.25, 0.3) is 5.91 Å². The fourth-order valence-corrected chi connectivity index (χ4v) is 3.57. The molecule has 31 heavy (non-hydrogen) atoms. The van der Waals surface area contributed by atoms with Crippen molar-refractivity contribution < 1.29 is 14.3 Å². The molecule has 0 unspecified atom stereocenters. The number of ether oxygens (including phenoxy) is 2. The number of hydrogen-bond donors (Lipinski definition) is 1. The number of aromatic nitrogens is 1. The van der Waals surface area contributed by atoms with Crippen LogP contribution in [-0.2, 0) is 0 Å². The van der Waals surface area contributed by atoms with Crippen molar-refractivity contribution in [1.29, 1.82) is 0 Å². The Balaban J connectivity index is 1.82. The summed E-state index contributed by atoms with van der Waals surface area (Å²) in [5.41, 5.74) is 5.75. The molecule has 5 heteroatoms. The van der Waals surface area contributed by atoms with Crippen LogP contribution in [0.1, 0.15) is 21.5 Å². The predicted octanol–water partition coefficient (Wildman–Crippen LogP) is 5.79. The van der Waals surface area contributed by atoms with Crippen molar-refractivity contribution in [3.8, 4) is 22.8 Å². The van der Waals surface area contributed by atoms with Crippen LogP contribution in [-0.4, -0.2) is 25.1 Å². The Labute approximate surface area is 181 Å². The molecular weight excluding hydrogens is 388 g/mol. The summed E-state index contributed by atoms with van der Waals surface area (Å²) < 4.78 is 10.8. The molecule has 4 rings (SSSR count). The van der Waals surface area contributed by atoms with Crippen molar-refractivity contribution in [2.45, 2.75) is 13.8 Å². The molecule has 1 heterocycles. The summed E-state index contributed by atoms with van der Waals surface area (Å²) in [5.74, 6) is 1.07. The first-order valence-corrected chi connectivity index (χ1v) is 10.0. The van der Waals surface area contributed by atoms with E-state index in [2.05, 4.69) is 5.32 Å². The zero-order chi connectivity index (χ0) is 22.0. The molecule has 3 aromatic carbocycles. The molecular formula is C26H24N2O3. The highest BCUT2D eigenvalue weighted by atomic mass is 16.5. The van der Waals surface area contributed by atoms with E-state index in [0.717, 1.165) is 33.3 Å². The van der Waals surface area contributed by atoms with Gasteiger partial charge in [0.2, 0.25) is 0 Å². The van der Waals surface area contributed by atoms with Gasteiger partial charge in [-0.1, -0.05) is 30.3 Å². The third kappa shape index (κ3) is 4.08. The quantitative estimate of drug-likeness (QED) is 0.451. The summed E-state index contributed by atoms with van der Waals surface area (Å²) in [4.78, 5) is 18.1. The van der Waals surface area contributed by atoms with E-state index in [9.17, 15) is 4.79 Å². The molecule has 0 bridgehead atoms. The van der Waals surface area contributed by atoms with Crippen molar-refractivity contribution in [3.63, 3.8) is 0 Å². The number of aryl methyl sites for hydroxylation is 2. The third-order valence-electron chi connectivity index (χ3n) is 5.28. The minimum absolute atomic E-state index is 0.172. The van der Waals surface area contributed by atoms with E-state index < -0.39 is 0 Å². The predicted molar refractivity (Wildman–Crippen MR) is 124 cm³/mol. The van der Waals surface area contributed by atoms with E-state index in [4.69, 9.17) is 14.5 Å². The number of anilines is 1. The minimum atomic E-state index is -0.172. The summed E-state index contributed by atoms with van der Waals surface area (Å²) in [6.07, 6.45) is 0. The van der Waals surface area contributed by atoms with E-state index in [1.807, 2.05) is 80.6 Å². The van der Waals surface area contributed by atoms with Crippen molar-refractivity contribution in [3.05, 3.63) is 83.4 Å². The largest absolute Gasteiger partial charge is 0.493 e. The van der Waals surface area contributed by atoms with Crippen LogP contribution in [0, 0.1) is 13.8 Å². The number of para-hydroxylation sites is 1. The van der Waals surface area contributed by atoms with Gasteiger partial charge in [-0.3, -0.25) is 4.79 Å². The van der Waals surface area contributed by atoms with Crippen LogP contribution in [0.5, 0.6) is 11.5 Å². The van der Waals surface area contributed by atoms with Crippen molar-refractivity contribution in [2.75, 3.05) is 19.5 Å². The van der Waals surface area contributed by atoms with Gasteiger partial charge in [0.15, 0.2) is 11.5 Å². The maximum absolute atomic E-state index is 13.3. The highest BCUT2D eigenvalue weighted by molar-refractivity contribution is 6.13. The van der Waals surface area contributed by atoms with Crippen LogP contribution in [0.15, 0.2) is 66.7 Å². The fraction of sp³-hybridized carbons (Fsp3) is 0.154. The molecule has 0 saturated carbocycles. The first-order chi connectivity index (χ1) is 15.0. The van der Waals surface area contributed by atoms with Crippen LogP contribution >= 0.6 is 0 Å². The van der Waals surface area contributed by atoms with Gasteiger partial charge in [-0.2, -0.15) is 0 Å². The molecule has 0 fully saturated rings. The number of carbonyl (C=O) groups is 1. The smallest absolute Gasteiger partial charge is 0.256 e. The monoisotopic (exact) mass is 412 g/mol. The molecule has 4 aromatic rings. The number of rotatable bonds is 5. The number of hydrogen-bond acceptors (Lipinski definition) is 4. The number of nitrogens with one attached hydrogen (secondary N) is 1. The van der Waals surface area contributed by atoms with Gasteiger partial charge in [0.1, 0.15) is 0 Å². The molecule has 1 N–H and O–H groups in total. The number of fused-ring (bicyclic) bond motifs is 1. The van der Waals surface area contributed by atoms with E-state index in [-0.39, 0.29) is 5.91 Å². The summed E-state index contributed by atoms with van der Waals surface area (Å²) in [6, 6.07) is 21.1. The highest BCUT2D eigenvalue weighted by Crippen LogP contribution is 2.33. The minimum Gasteiger partial charge on any atom is -0.493 e. The van der Waals surface area contributed by atoms with Crippen molar-refractivity contribution in [1.82, 2.24) is 4.98 Å². The molecule has 0 aliphatic rings. The van der Waals surface area contributed by atoms with Gasteiger partial charge >= 0.3 is 0 Å². The number of nitrogens with zero attached hydrogens (tertiary/aromatic N) is 1. The molecule has 0 radical (unpaired) electrons. The average Bonchev–Trinajstić information content (AvgIpc) is 2.80. The summed E-state index contributed by atoms with van der Waals surface area (Å²) in [5, 5.41) is 3.87. The van der Waals surface area contributed by atoms with Gasteiger partial charge in [-0.05, 0) is 61.4 Å². The Morgan fingerprint density at radius 2 is 1.65 bits per heavy atom. The average molecular weight is 412 g/mol. The lowest BCUT2D eigenvalue weighted by atomic mass is 10.0. The maximum Gasteiger partial charge on any atom is 0.256 e. The first-order valence-electron chi connectivity index (χ1n) is 10.0. The molecule has 5 nitrogen and oxygen atoms in total. The normalized spacial score (nSPS) is 10.7. The zero-order valence-electron chi connectivity index (χ0n) is 18.0. The van der Waals surface area contributed by atoms with Crippen molar-refractivity contribution >= 4 is 22.5 Å². The number of methoxy groups -OCH3 is 2. The van der Waals surface area contributed by atoms with E-state index in [1.165, 1.54) is 0 Å². The second-order valence-corrected chi connectivity index (χ2v) is 7.41. The Morgan fingerprint density at radius 1 is 0.871 bits per heavy atom. The highest BCUT2D eigenvalue weighted by Gasteiger charge is 2.16. The summed E-state index contributed by atoms with van der Waals surface area (Å²) >= 11 is 0. The lowest BCUT2D eigenvalue weighted by Crippen LogP contribution is -2.14. The fourth-order valence-electron chi connectivity index (χ4n) is 3.57. The maximum atomic E-state index is 13.3. The molecule has 1 aromatic heterocycles. The molecule has 0 saturated heterocycles. The van der Waals surface area contributed by atoms with Gasteiger partial charge in [0, 0.05) is 16.6 Å². The van der Waals surface area contributed by atoms with Gasteiger partial charge in [-0.25, -0.2) is 4.98 Å². The Hall–Kier alpha value is -3.86. The number of benzene rings is 3. The standard InChI is InChI=1S/C26H24N2O3/c1-16-9-10-17(2)22(13-16)28-26(29)20-15-23(27-21-8-6-5-7-19(20)21)18-11-12-24(30-3)25(14-18)31-4/h5-15H,1-4H3,(H,28,29). The molecule has 0 aliphatic carbocycles. The second kappa shape index (κ2) is 8.48. The topological polar surface area (TPSA) is 60.5 Å². The summed E-state index contributed by atoms with van der Waals surface area (Å²) in [7, 11) is 3.19. The van der Waals surface area contributed by atoms with E-state index >= 15 is 0 Å². The van der Waals surface area contributed by atoms with E-state index in [1.54, 1.807) is 14.2 Å². The number of amides is 1. The Bertz CT molecular complexity index is 1280. The lowest BCUT2D eigenvalue weighted by Gasteiger charge is -2.13. The Kier molecular flexibility index (Phi) is 5.58. The third-order valence-corrected chi connectivity index (χ3v) is 5.28. The van der Waals surface area contributed by atoms with Crippen LogP contribution < -0.4 is 14.8 Å². The van der Waals surface area contributed by atoms with Crippen LogP contribution in [0.2, 0.25) is 0 Å². The van der Waals surface area contributed by atoms with Gasteiger partial charge < -0.3 is 14.8 Å². The number of carbonyl (C=O) groups excluding carboxylic acids is 1. The zero-order valence-corrected chi connectivity index (χ0v) is 18.0. The SMILES string of the molecule is COc1ccc(-c2cc(C(=O)Nc3cc(C)ccc3C)c3ccccc3n2)cc1OC. The lowest BCUT2D eigenvalue weighted by molar-refractivity contribution is 0.102. The van der Waals surface area contributed by atoms with Crippen molar-refractivity contribution in [2.24, 2.45) is 0 Å². The van der Waals surface area contributed by atoms with Gasteiger partial charge in [0.05, 0.1) is 31.0 Å². The molecule has 156 valence electrons. The van der Waals surface area contributed by atoms with Gasteiger partial charge in [-0.15, -0.1) is 0 Å². The first kappa shape index (κ1) is 20.4.